The van der Waals surface area contributed by atoms with E-state index < -0.39 is 10.0 Å². The summed E-state index contributed by atoms with van der Waals surface area (Å²) >= 11 is 7.09. The first kappa shape index (κ1) is 25.3. The Morgan fingerprint density at radius 3 is 2.08 bits per heavy atom. The van der Waals surface area contributed by atoms with Gasteiger partial charge in [-0.05, 0) is 58.7 Å². The Morgan fingerprint density at radius 2 is 1.45 bits per heavy atom. The molecule has 2 aliphatic rings. The van der Waals surface area contributed by atoms with Gasteiger partial charge in [-0.1, -0.05) is 60.1 Å². The van der Waals surface area contributed by atoms with Crippen LogP contribution in [-0.2, 0) is 16.6 Å². The number of nitrogens with one attached hydrogen (secondary N) is 1. The van der Waals surface area contributed by atoms with Crippen LogP contribution in [0.1, 0.15) is 32.4 Å². The number of hydrogen-bond acceptors (Lipinski definition) is 5. The van der Waals surface area contributed by atoms with Gasteiger partial charge in [0.05, 0.1) is 12.6 Å². The first-order valence-electron chi connectivity index (χ1n) is 12.5. The van der Waals surface area contributed by atoms with Gasteiger partial charge >= 0.3 is 0 Å². The minimum atomic E-state index is -3.61. The molecule has 0 spiro atoms. The minimum absolute atomic E-state index is 0.143. The summed E-state index contributed by atoms with van der Waals surface area (Å²) in [5, 5.41) is 3.41. The summed E-state index contributed by atoms with van der Waals surface area (Å²) in [7, 11) is -3.61. The van der Waals surface area contributed by atoms with Crippen molar-refractivity contribution in [3.8, 4) is 11.1 Å². The number of amides is 1. The molecule has 194 valence electrons. The van der Waals surface area contributed by atoms with Crippen molar-refractivity contribution < 1.29 is 13.2 Å². The van der Waals surface area contributed by atoms with Crippen molar-refractivity contribution in [1.29, 1.82) is 0 Å². The average Bonchev–Trinajstić information content (AvgIpc) is 3.56. The highest BCUT2D eigenvalue weighted by Gasteiger charge is 2.37. The zero-order valence-electron chi connectivity index (χ0n) is 20.5. The quantitative estimate of drug-likeness (QED) is 0.341. The Balaban J connectivity index is 1.11. The van der Waals surface area contributed by atoms with E-state index in [0.29, 0.717) is 41.0 Å². The number of nitrogens with zero attached hydrogens (tertiary/aromatic N) is 2. The summed E-state index contributed by atoms with van der Waals surface area (Å²) in [5.74, 6) is -0.231. The van der Waals surface area contributed by atoms with Crippen LogP contribution in [0.15, 0.2) is 89.1 Å². The molecule has 1 aromatic heterocycles. The minimum Gasteiger partial charge on any atom is -0.347 e. The third-order valence-electron chi connectivity index (χ3n) is 7.20. The van der Waals surface area contributed by atoms with Crippen molar-refractivity contribution in [1.82, 2.24) is 14.5 Å². The fourth-order valence-corrected chi connectivity index (χ4v) is 8.31. The summed E-state index contributed by atoms with van der Waals surface area (Å²) in [6.45, 7) is 2.44. The Labute approximate surface area is 231 Å². The van der Waals surface area contributed by atoms with E-state index in [1.807, 2.05) is 0 Å². The molecule has 0 unspecified atom stereocenters. The van der Waals surface area contributed by atoms with E-state index in [1.54, 1.807) is 40.7 Å². The van der Waals surface area contributed by atoms with Gasteiger partial charge < -0.3 is 5.32 Å². The number of rotatable bonds is 6. The molecule has 1 amide bonds. The largest absolute Gasteiger partial charge is 0.347 e. The van der Waals surface area contributed by atoms with Crippen molar-refractivity contribution in [2.75, 3.05) is 26.2 Å². The lowest BCUT2D eigenvalue weighted by atomic mass is 10.0. The first-order valence-corrected chi connectivity index (χ1v) is 15.1. The fraction of sp³-hybridized carbons (Fsp3) is 0.207. The van der Waals surface area contributed by atoms with Gasteiger partial charge in [0.2, 0.25) is 0 Å². The number of carbonyl (C=O) groups is 1. The van der Waals surface area contributed by atoms with Crippen LogP contribution in [0.5, 0.6) is 0 Å². The molecule has 1 aliphatic carbocycles. The number of hydrogen-bond donors (Lipinski definition) is 1. The van der Waals surface area contributed by atoms with Gasteiger partial charge in [-0.15, -0.1) is 11.3 Å². The predicted octanol–water partition coefficient (Wildman–Crippen LogP) is 5.41. The van der Waals surface area contributed by atoms with E-state index in [-0.39, 0.29) is 18.5 Å². The molecule has 1 fully saturated rings. The van der Waals surface area contributed by atoms with Gasteiger partial charge in [0.25, 0.3) is 15.9 Å². The number of thiophene rings is 1. The van der Waals surface area contributed by atoms with E-state index in [9.17, 15) is 13.2 Å². The van der Waals surface area contributed by atoms with Crippen LogP contribution < -0.4 is 5.32 Å². The maximum atomic E-state index is 13.4. The second-order valence-electron chi connectivity index (χ2n) is 9.43. The van der Waals surface area contributed by atoms with Crippen LogP contribution in [0.25, 0.3) is 11.1 Å². The van der Waals surface area contributed by atoms with Crippen LogP contribution in [-0.4, -0.2) is 49.7 Å². The van der Waals surface area contributed by atoms with E-state index in [0.717, 1.165) is 4.88 Å². The third kappa shape index (κ3) is 4.67. The number of sulfonamides is 1. The lowest BCUT2D eigenvalue weighted by Gasteiger charge is -2.38. The Bertz CT molecular complexity index is 1550. The third-order valence-corrected chi connectivity index (χ3v) is 10.9. The first-order chi connectivity index (χ1) is 18.4. The normalized spacial score (nSPS) is 16.2. The summed E-state index contributed by atoms with van der Waals surface area (Å²) in [4.78, 5) is 15.6. The number of piperazine rings is 1. The lowest BCUT2D eigenvalue weighted by molar-refractivity contribution is 0.0951. The number of carbonyl (C=O) groups excluding carboxylic acids is 1. The lowest BCUT2D eigenvalue weighted by Crippen LogP contribution is -2.49. The molecule has 9 heteroatoms. The van der Waals surface area contributed by atoms with Crippen LogP contribution in [0.4, 0.5) is 0 Å². The zero-order chi connectivity index (χ0) is 26.3. The monoisotopic (exact) mass is 563 g/mol. The highest BCUT2D eigenvalue weighted by atomic mass is 35.5. The highest BCUT2D eigenvalue weighted by Crippen LogP contribution is 2.46. The highest BCUT2D eigenvalue weighted by molar-refractivity contribution is 7.91. The van der Waals surface area contributed by atoms with Crippen molar-refractivity contribution in [3.05, 3.63) is 112 Å². The fourth-order valence-electron chi connectivity index (χ4n) is 5.31. The molecular formula is C29H26ClN3O3S2. The molecule has 1 saturated heterocycles. The second-order valence-corrected chi connectivity index (χ2v) is 13.2. The summed E-state index contributed by atoms with van der Waals surface area (Å²) < 4.78 is 28.8. The zero-order valence-corrected chi connectivity index (χ0v) is 22.9. The maximum Gasteiger partial charge on any atom is 0.252 e. The topological polar surface area (TPSA) is 69.7 Å². The predicted molar refractivity (Wildman–Crippen MR) is 151 cm³/mol. The van der Waals surface area contributed by atoms with E-state index >= 15 is 0 Å². The molecule has 6 nitrogen and oxygen atoms in total. The molecule has 3 aromatic carbocycles. The van der Waals surface area contributed by atoms with E-state index in [1.165, 1.54) is 33.6 Å². The number of halogens is 1. The van der Waals surface area contributed by atoms with Gasteiger partial charge in [0, 0.05) is 41.6 Å². The summed E-state index contributed by atoms with van der Waals surface area (Å²) in [6, 6.07) is 27.2. The molecule has 6 rings (SSSR count). The molecular weight excluding hydrogens is 538 g/mol. The Hall–Kier alpha value is -3.01. The van der Waals surface area contributed by atoms with Crippen LogP contribution in [0.2, 0.25) is 5.02 Å². The smallest absolute Gasteiger partial charge is 0.252 e. The van der Waals surface area contributed by atoms with Gasteiger partial charge in [-0.2, -0.15) is 4.31 Å². The molecule has 1 N–H and O–H groups in total. The van der Waals surface area contributed by atoms with Crippen molar-refractivity contribution in [2.45, 2.75) is 16.8 Å². The molecule has 1 aliphatic heterocycles. The SMILES string of the molecule is O=C(NCc1ccc(S(=O)(=O)N2CCN(C3c4ccccc4-c4ccccc43)CC2)s1)c1ccc(Cl)cc1. The number of fused-ring (bicyclic) bond motifs is 3. The molecule has 0 saturated carbocycles. The average molecular weight is 564 g/mol. The summed E-state index contributed by atoms with van der Waals surface area (Å²) in [5.41, 5.74) is 5.60. The van der Waals surface area contributed by atoms with Crippen molar-refractivity contribution in [2.24, 2.45) is 0 Å². The Morgan fingerprint density at radius 1 is 0.842 bits per heavy atom. The van der Waals surface area contributed by atoms with E-state index in [4.69, 9.17) is 11.6 Å². The molecule has 0 atom stereocenters. The van der Waals surface area contributed by atoms with Crippen LogP contribution in [0.3, 0.4) is 0 Å². The van der Waals surface area contributed by atoms with Crippen LogP contribution >= 0.6 is 22.9 Å². The number of benzene rings is 3. The van der Waals surface area contributed by atoms with Gasteiger partial charge in [-0.25, -0.2) is 8.42 Å². The van der Waals surface area contributed by atoms with Crippen molar-refractivity contribution >= 4 is 38.9 Å². The summed E-state index contributed by atoms with van der Waals surface area (Å²) in [6.07, 6.45) is 0. The molecule has 38 heavy (non-hydrogen) atoms. The van der Waals surface area contributed by atoms with E-state index in [2.05, 4.69) is 58.7 Å². The second kappa shape index (κ2) is 10.3. The van der Waals surface area contributed by atoms with Gasteiger partial charge in [0.1, 0.15) is 4.21 Å². The van der Waals surface area contributed by atoms with Crippen molar-refractivity contribution in [3.63, 3.8) is 0 Å². The van der Waals surface area contributed by atoms with Gasteiger partial charge in [-0.3, -0.25) is 9.69 Å². The molecule has 0 radical (unpaired) electrons. The Kier molecular flexibility index (Phi) is 6.84. The van der Waals surface area contributed by atoms with Crippen LogP contribution in [0, 0.1) is 0 Å². The standard InChI is InChI=1S/C29H26ClN3O3S2/c30-21-11-9-20(10-12-21)29(34)31-19-22-13-14-27(37-22)38(35,36)33-17-15-32(16-18-33)28-25-7-3-1-5-23(25)24-6-2-4-8-26(24)28/h1-14,28H,15-19H2,(H,31,34). The molecule has 2 heterocycles. The van der Waals surface area contributed by atoms with Gasteiger partial charge in [0.15, 0.2) is 0 Å². The molecule has 0 bridgehead atoms. The maximum absolute atomic E-state index is 13.4. The molecule has 4 aromatic rings.